The zero-order valence-corrected chi connectivity index (χ0v) is 14.1. The third-order valence-corrected chi connectivity index (χ3v) is 5.58. The average Bonchev–Trinajstić information content (AvgIpc) is 2.49. The predicted octanol–water partition coefficient (Wildman–Crippen LogP) is 2.39. The Kier molecular flexibility index (Phi) is 4.99. The van der Waals surface area contributed by atoms with E-state index in [0.29, 0.717) is 24.8 Å². The van der Waals surface area contributed by atoms with Crippen molar-refractivity contribution in [2.75, 3.05) is 7.11 Å². The van der Waals surface area contributed by atoms with Gasteiger partial charge in [0.05, 0.1) is 13.2 Å². The molecule has 2 aliphatic rings. The van der Waals surface area contributed by atoms with Gasteiger partial charge in [-0.05, 0) is 31.6 Å². The number of allylic oxidation sites excluding steroid dienone is 1. The van der Waals surface area contributed by atoms with Gasteiger partial charge in [0.2, 0.25) is 0 Å². The summed E-state index contributed by atoms with van der Waals surface area (Å²) in [6.45, 7) is 11.4. The number of methoxy groups -OCH3 is 1. The SMILES string of the molecule is C=C(C(=O)OC)[C@H]1C[C@H]2C(=C)CC[C@@H](O)[C@]2(C)C[C@H]1OC(C)=O. The monoisotopic (exact) mass is 322 g/mol. The maximum atomic E-state index is 11.9. The summed E-state index contributed by atoms with van der Waals surface area (Å²) < 4.78 is 10.2. The second-order valence-corrected chi connectivity index (χ2v) is 6.98. The zero-order chi connectivity index (χ0) is 17.4. The van der Waals surface area contributed by atoms with Crippen LogP contribution in [0.3, 0.4) is 0 Å². The minimum absolute atomic E-state index is 0.0736. The number of carbonyl (C=O) groups is 2. The second kappa shape index (κ2) is 6.48. The van der Waals surface area contributed by atoms with E-state index in [-0.39, 0.29) is 11.8 Å². The van der Waals surface area contributed by atoms with Crippen LogP contribution in [-0.4, -0.2) is 36.4 Å². The number of hydrogen-bond acceptors (Lipinski definition) is 5. The van der Waals surface area contributed by atoms with Crippen LogP contribution >= 0.6 is 0 Å². The molecule has 0 aliphatic heterocycles. The lowest BCUT2D eigenvalue weighted by atomic mass is 9.54. The number of hydrogen-bond donors (Lipinski definition) is 1. The van der Waals surface area contributed by atoms with Crippen molar-refractivity contribution in [3.63, 3.8) is 0 Å². The minimum atomic E-state index is -0.488. The summed E-state index contributed by atoms with van der Waals surface area (Å²) in [7, 11) is 1.31. The molecule has 0 unspecified atom stereocenters. The number of fused-ring (bicyclic) bond motifs is 1. The summed E-state index contributed by atoms with van der Waals surface area (Å²) >= 11 is 0. The maximum absolute atomic E-state index is 11.9. The van der Waals surface area contributed by atoms with Crippen molar-refractivity contribution in [3.8, 4) is 0 Å². The molecule has 2 rings (SSSR count). The maximum Gasteiger partial charge on any atom is 0.333 e. The molecule has 5 heteroatoms. The molecule has 0 aromatic rings. The summed E-state index contributed by atoms with van der Waals surface area (Å²) in [6, 6.07) is 0. The van der Waals surface area contributed by atoms with E-state index in [0.717, 1.165) is 12.0 Å². The molecular formula is C18H26O5. The van der Waals surface area contributed by atoms with E-state index in [1.165, 1.54) is 14.0 Å². The zero-order valence-electron chi connectivity index (χ0n) is 14.1. The van der Waals surface area contributed by atoms with E-state index in [4.69, 9.17) is 9.47 Å². The van der Waals surface area contributed by atoms with Crippen molar-refractivity contribution in [1.82, 2.24) is 0 Å². The third kappa shape index (κ3) is 3.20. The molecule has 0 aromatic carbocycles. The predicted molar refractivity (Wildman–Crippen MR) is 85.4 cm³/mol. The number of aliphatic hydroxyl groups excluding tert-OH is 1. The van der Waals surface area contributed by atoms with Crippen molar-refractivity contribution in [2.24, 2.45) is 17.3 Å². The quantitative estimate of drug-likeness (QED) is 0.491. The van der Waals surface area contributed by atoms with Gasteiger partial charge < -0.3 is 14.6 Å². The van der Waals surface area contributed by atoms with Gasteiger partial charge in [-0.25, -0.2) is 4.79 Å². The fourth-order valence-corrected chi connectivity index (χ4v) is 4.21. The lowest BCUT2D eigenvalue weighted by Crippen LogP contribution is -2.53. The molecule has 2 saturated carbocycles. The highest BCUT2D eigenvalue weighted by atomic mass is 16.5. The molecule has 0 bridgehead atoms. The molecular weight excluding hydrogens is 296 g/mol. The molecule has 5 nitrogen and oxygen atoms in total. The fraction of sp³-hybridized carbons (Fsp3) is 0.667. The molecule has 0 amide bonds. The highest BCUT2D eigenvalue weighted by Crippen LogP contribution is 2.55. The first-order valence-corrected chi connectivity index (χ1v) is 8.00. The van der Waals surface area contributed by atoms with Gasteiger partial charge in [-0.2, -0.15) is 0 Å². The summed E-state index contributed by atoms with van der Waals surface area (Å²) in [5, 5.41) is 10.5. The Balaban J connectivity index is 2.34. The van der Waals surface area contributed by atoms with E-state index in [2.05, 4.69) is 13.2 Å². The lowest BCUT2D eigenvalue weighted by Gasteiger charge is -2.53. The number of aliphatic hydroxyl groups is 1. The van der Waals surface area contributed by atoms with Crippen LogP contribution in [0.15, 0.2) is 24.3 Å². The first-order chi connectivity index (χ1) is 10.7. The van der Waals surface area contributed by atoms with Gasteiger partial charge in [0.1, 0.15) is 6.10 Å². The molecule has 0 spiro atoms. The lowest BCUT2D eigenvalue weighted by molar-refractivity contribution is -0.162. The number of carbonyl (C=O) groups excluding carboxylic acids is 2. The van der Waals surface area contributed by atoms with Gasteiger partial charge in [0, 0.05) is 23.8 Å². The van der Waals surface area contributed by atoms with E-state index in [9.17, 15) is 14.7 Å². The number of ether oxygens (including phenoxy) is 2. The molecule has 128 valence electrons. The van der Waals surface area contributed by atoms with Gasteiger partial charge in [0.25, 0.3) is 0 Å². The third-order valence-electron chi connectivity index (χ3n) is 5.58. The standard InChI is InChI=1S/C18H26O5/c1-10-6-7-16(20)18(4)9-15(23-12(3)19)13(8-14(10)18)11(2)17(21)22-5/h13-16,20H,1-2,6-9H2,3-5H3/t13-,14+,15-,16-,18-/m1/s1. The molecule has 2 fully saturated rings. The van der Waals surface area contributed by atoms with Crippen LogP contribution in [0.1, 0.15) is 39.5 Å². The fourth-order valence-electron chi connectivity index (χ4n) is 4.21. The average molecular weight is 322 g/mol. The highest BCUT2D eigenvalue weighted by molar-refractivity contribution is 5.88. The minimum Gasteiger partial charge on any atom is -0.466 e. The topological polar surface area (TPSA) is 72.8 Å². The van der Waals surface area contributed by atoms with Gasteiger partial charge >= 0.3 is 11.9 Å². The van der Waals surface area contributed by atoms with E-state index >= 15 is 0 Å². The van der Waals surface area contributed by atoms with Crippen LogP contribution in [0.4, 0.5) is 0 Å². The molecule has 23 heavy (non-hydrogen) atoms. The van der Waals surface area contributed by atoms with Crippen LogP contribution in [0.2, 0.25) is 0 Å². The van der Waals surface area contributed by atoms with Crippen LogP contribution in [0.25, 0.3) is 0 Å². The normalized spacial score (nSPS) is 36.8. The Hall–Kier alpha value is -1.62. The van der Waals surface area contributed by atoms with Gasteiger partial charge in [-0.1, -0.05) is 25.7 Å². The van der Waals surface area contributed by atoms with Gasteiger partial charge in [-0.15, -0.1) is 0 Å². The Labute approximate surface area is 137 Å². The van der Waals surface area contributed by atoms with Gasteiger partial charge in [-0.3, -0.25) is 4.79 Å². The van der Waals surface area contributed by atoms with Crippen LogP contribution < -0.4 is 0 Å². The highest BCUT2D eigenvalue weighted by Gasteiger charge is 2.53. The molecule has 5 atom stereocenters. The molecule has 1 N–H and O–H groups in total. The molecule has 0 saturated heterocycles. The Bertz CT molecular complexity index is 538. The van der Waals surface area contributed by atoms with E-state index in [1.54, 1.807) is 0 Å². The second-order valence-electron chi connectivity index (χ2n) is 6.98. The van der Waals surface area contributed by atoms with Crippen LogP contribution in [0.5, 0.6) is 0 Å². The Morgan fingerprint density at radius 2 is 2.04 bits per heavy atom. The largest absolute Gasteiger partial charge is 0.466 e. The summed E-state index contributed by atoms with van der Waals surface area (Å²) in [5.41, 5.74) is 0.998. The summed E-state index contributed by atoms with van der Waals surface area (Å²) in [4.78, 5) is 23.4. The van der Waals surface area contributed by atoms with E-state index < -0.39 is 29.6 Å². The van der Waals surface area contributed by atoms with Crippen molar-refractivity contribution >= 4 is 11.9 Å². The molecule has 2 aliphatic carbocycles. The smallest absolute Gasteiger partial charge is 0.333 e. The first kappa shape index (κ1) is 17.7. The molecule has 0 aromatic heterocycles. The number of esters is 2. The number of rotatable bonds is 3. The van der Waals surface area contributed by atoms with Crippen molar-refractivity contribution in [3.05, 3.63) is 24.3 Å². The van der Waals surface area contributed by atoms with Crippen molar-refractivity contribution < 1.29 is 24.2 Å². The van der Waals surface area contributed by atoms with Crippen molar-refractivity contribution in [1.29, 1.82) is 0 Å². The van der Waals surface area contributed by atoms with Crippen LogP contribution in [0, 0.1) is 17.3 Å². The summed E-state index contributed by atoms with van der Waals surface area (Å²) in [6.07, 6.45) is 1.55. The molecule has 0 radical (unpaired) electrons. The van der Waals surface area contributed by atoms with Gasteiger partial charge in [0.15, 0.2) is 0 Å². The summed E-state index contributed by atoms with van der Waals surface area (Å²) in [5.74, 6) is -1.13. The first-order valence-electron chi connectivity index (χ1n) is 8.00. The molecule has 0 heterocycles. The van der Waals surface area contributed by atoms with Crippen molar-refractivity contribution in [2.45, 2.75) is 51.7 Å². The Morgan fingerprint density at radius 3 is 2.61 bits per heavy atom. The van der Waals surface area contributed by atoms with Crippen LogP contribution in [-0.2, 0) is 19.1 Å². The Morgan fingerprint density at radius 1 is 1.39 bits per heavy atom. The van der Waals surface area contributed by atoms with E-state index in [1.807, 2.05) is 6.92 Å².